The van der Waals surface area contributed by atoms with E-state index in [1.54, 1.807) is 0 Å². The molecule has 0 aliphatic rings. The number of rotatable bonds is 11. The second-order valence-corrected chi connectivity index (χ2v) is 5.58. The highest BCUT2D eigenvalue weighted by Gasteiger charge is 2.23. The Morgan fingerprint density at radius 1 is 1.00 bits per heavy atom. The SMILES string of the molecule is CC(C)CCCCC(=O)[O-].OCCC[N+](CO)(CO)CO. The van der Waals surface area contributed by atoms with Gasteiger partial charge in [-0.3, -0.25) is 4.48 Å². The maximum atomic E-state index is 9.93. The maximum absolute atomic E-state index is 9.93. The molecular weight excluding hydrogens is 278 g/mol. The Balaban J connectivity index is 0. The fourth-order valence-corrected chi connectivity index (χ4v) is 1.57. The minimum absolute atomic E-state index is 0. The van der Waals surface area contributed by atoms with E-state index in [4.69, 9.17) is 20.4 Å². The largest absolute Gasteiger partial charge is 0.550 e. The molecule has 0 spiro atoms. The summed E-state index contributed by atoms with van der Waals surface area (Å²) in [5.74, 6) is -0.245. The molecule has 0 bridgehead atoms. The predicted octanol–water partition coefficient (Wildman–Crippen LogP) is -1.01. The van der Waals surface area contributed by atoms with Crippen LogP contribution in [0, 0.1) is 5.92 Å². The van der Waals surface area contributed by atoms with E-state index in [1.807, 2.05) is 0 Å². The molecule has 7 nitrogen and oxygen atoms in total. The molecule has 7 heteroatoms. The van der Waals surface area contributed by atoms with Crippen molar-refractivity contribution in [2.45, 2.75) is 46.0 Å². The normalized spacial score (nSPS) is 11.2. The standard InChI is InChI=1S/C8H16O2.C6H16NO4/c1-7(2)5-3-4-6-8(9)10;8-3-1-2-7(4-9,5-10)6-11/h7H,3-6H2,1-2H3,(H,9,10);8-11H,1-6H2/q;+1/p-1. The van der Waals surface area contributed by atoms with Crippen LogP contribution >= 0.6 is 0 Å². The maximum Gasteiger partial charge on any atom is 0.183 e. The summed E-state index contributed by atoms with van der Waals surface area (Å²) < 4.78 is -0.180. The lowest BCUT2D eigenvalue weighted by atomic mass is 10.1. The first-order valence-corrected chi connectivity index (χ1v) is 7.35. The minimum atomic E-state index is -0.927. The van der Waals surface area contributed by atoms with E-state index in [-0.39, 0.29) is 37.7 Å². The van der Waals surface area contributed by atoms with Crippen LogP contribution in [0.2, 0.25) is 0 Å². The van der Waals surface area contributed by atoms with Gasteiger partial charge in [0, 0.05) is 19.0 Å². The molecule has 0 saturated carbocycles. The van der Waals surface area contributed by atoms with Gasteiger partial charge < -0.3 is 30.3 Å². The lowest BCUT2D eigenvalue weighted by molar-refractivity contribution is -0.976. The van der Waals surface area contributed by atoms with Crippen LogP contribution in [0.5, 0.6) is 0 Å². The number of aliphatic carboxylic acids is 1. The first-order valence-electron chi connectivity index (χ1n) is 7.35. The van der Waals surface area contributed by atoms with Crippen LogP contribution < -0.4 is 5.11 Å². The summed E-state index contributed by atoms with van der Waals surface area (Å²) in [6, 6.07) is 0. The van der Waals surface area contributed by atoms with Gasteiger partial charge >= 0.3 is 0 Å². The second-order valence-electron chi connectivity index (χ2n) is 5.58. The fourth-order valence-electron chi connectivity index (χ4n) is 1.57. The van der Waals surface area contributed by atoms with Crippen molar-refractivity contribution < 1.29 is 34.8 Å². The first kappa shape index (κ1) is 22.5. The number of nitrogens with zero attached hydrogens (tertiary/aromatic N) is 1. The molecule has 0 rings (SSSR count). The molecule has 0 aromatic rings. The molecule has 21 heavy (non-hydrogen) atoms. The number of aliphatic hydroxyl groups is 4. The van der Waals surface area contributed by atoms with E-state index < -0.39 is 5.97 Å². The van der Waals surface area contributed by atoms with E-state index in [2.05, 4.69) is 13.8 Å². The van der Waals surface area contributed by atoms with E-state index in [1.165, 1.54) is 0 Å². The third-order valence-corrected chi connectivity index (χ3v) is 3.10. The third kappa shape index (κ3) is 14.0. The summed E-state index contributed by atoms with van der Waals surface area (Å²) in [4.78, 5) is 9.93. The molecule has 0 atom stereocenters. The Bertz CT molecular complexity index is 235. The first-order chi connectivity index (χ1) is 9.87. The summed E-state index contributed by atoms with van der Waals surface area (Å²) in [6.07, 6.45) is 3.56. The van der Waals surface area contributed by atoms with Crippen molar-refractivity contribution in [2.75, 3.05) is 33.3 Å². The molecule has 128 valence electrons. The quantitative estimate of drug-likeness (QED) is 0.220. The van der Waals surface area contributed by atoms with Gasteiger partial charge in [0.2, 0.25) is 0 Å². The zero-order chi connectivity index (χ0) is 16.7. The molecule has 0 aliphatic heterocycles. The second kappa shape index (κ2) is 14.2. The van der Waals surface area contributed by atoms with Gasteiger partial charge in [-0.1, -0.05) is 26.7 Å². The molecule has 0 aliphatic carbocycles. The van der Waals surface area contributed by atoms with Gasteiger partial charge in [0.05, 0.1) is 6.54 Å². The Labute approximate surface area is 127 Å². The van der Waals surface area contributed by atoms with Crippen LogP contribution in [0.4, 0.5) is 0 Å². The molecule has 0 radical (unpaired) electrons. The molecule has 0 heterocycles. The summed E-state index contributed by atoms with van der Waals surface area (Å²) in [5.41, 5.74) is 0. The van der Waals surface area contributed by atoms with Crippen molar-refractivity contribution in [3.8, 4) is 0 Å². The van der Waals surface area contributed by atoms with Gasteiger partial charge in [-0.05, 0) is 18.8 Å². The molecule has 4 N–H and O–H groups in total. The number of unbranched alkanes of at least 4 members (excludes halogenated alkanes) is 1. The molecule has 0 amide bonds. The van der Waals surface area contributed by atoms with Crippen LogP contribution in [-0.4, -0.2) is 64.2 Å². The van der Waals surface area contributed by atoms with Crippen LogP contribution in [0.1, 0.15) is 46.0 Å². The lowest BCUT2D eigenvalue weighted by Crippen LogP contribution is -2.51. The number of aliphatic hydroxyl groups excluding tert-OH is 4. The number of hydrogen-bond donors (Lipinski definition) is 4. The average Bonchev–Trinajstić information content (AvgIpc) is 2.46. The number of carboxylic acid groups (broad SMARTS) is 1. The fraction of sp³-hybridized carbons (Fsp3) is 0.929. The van der Waals surface area contributed by atoms with Gasteiger partial charge in [0.25, 0.3) is 0 Å². The monoisotopic (exact) mass is 309 g/mol. The smallest absolute Gasteiger partial charge is 0.183 e. The van der Waals surface area contributed by atoms with Crippen molar-refractivity contribution in [3.63, 3.8) is 0 Å². The summed E-state index contributed by atoms with van der Waals surface area (Å²) in [5, 5.41) is 44.7. The summed E-state index contributed by atoms with van der Waals surface area (Å²) >= 11 is 0. The van der Waals surface area contributed by atoms with Crippen molar-refractivity contribution in [2.24, 2.45) is 5.92 Å². The van der Waals surface area contributed by atoms with Gasteiger partial charge in [0.15, 0.2) is 20.2 Å². The number of quaternary nitrogens is 1. The van der Waals surface area contributed by atoms with Gasteiger partial charge in [-0.15, -0.1) is 0 Å². The molecule has 0 aromatic heterocycles. The van der Waals surface area contributed by atoms with E-state index in [0.29, 0.717) is 18.9 Å². The molecule has 0 fully saturated rings. The van der Waals surface area contributed by atoms with Crippen molar-refractivity contribution in [1.82, 2.24) is 0 Å². The zero-order valence-electron chi connectivity index (χ0n) is 13.2. The van der Waals surface area contributed by atoms with E-state index in [9.17, 15) is 9.90 Å². The number of carboxylic acids is 1. The Hall–Kier alpha value is -0.730. The number of carbonyl (C=O) groups is 1. The lowest BCUT2D eigenvalue weighted by Gasteiger charge is -2.31. The van der Waals surface area contributed by atoms with Crippen molar-refractivity contribution in [3.05, 3.63) is 0 Å². The molecule has 0 saturated heterocycles. The van der Waals surface area contributed by atoms with Crippen LogP contribution in [0.25, 0.3) is 0 Å². The topological polar surface area (TPSA) is 121 Å². The van der Waals surface area contributed by atoms with E-state index >= 15 is 0 Å². The summed E-state index contributed by atoms with van der Waals surface area (Å²) in [6.45, 7) is 3.71. The van der Waals surface area contributed by atoms with Gasteiger partial charge in [-0.2, -0.15) is 0 Å². The predicted molar refractivity (Wildman–Crippen MR) is 76.4 cm³/mol. The van der Waals surface area contributed by atoms with E-state index in [0.717, 1.165) is 19.3 Å². The van der Waals surface area contributed by atoms with Gasteiger partial charge in [-0.25, -0.2) is 0 Å². The van der Waals surface area contributed by atoms with Crippen LogP contribution in [0.3, 0.4) is 0 Å². The van der Waals surface area contributed by atoms with Crippen LogP contribution in [-0.2, 0) is 4.79 Å². The highest BCUT2D eigenvalue weighted by molar-refractivity contribution is 5.63. The Morgan fingerprint density at radius 2 is 1.52 bits per heavy atom. The van der Waals surface area contributed by atoms with Gasteiger partial charge in [0.1, 0.15) is 0 Å². The zero-order valence-corrected chi connectivity index (χ0v) is 13.2. The van der Waals surface area contributed by atoms with Crippen LogP contribution in [0.15, 0.2) is 0 Å². The number of hydrogen-bond acceptors (Lipinski definition) is 6. The van der Waals surface area contributed by atoms with Crippen molar-refractivity contribution >= 4 is 5.97 Å². The average molecular weight is 309 g/mol. The highest BCUT2D eigenvalue weighted by Crippen LogP contribution is 2.07. The molecule has 0 aromatic carbocycles. The molecule has 0 unspecified atom stereocenters. The third-order valence-electron chi connectivity index (χ3n) is 3.10. The highest BCUT2D eigenvalue weighted by atomic mass is 16.4. The molecular formula is C14H31NO6. The number of carbonyl (C=O) groups excluding carboxylic acids is 1. The Kier molecular flexibility index (Phi) is 15.3. The Morgan fingerprint density at radius 3 is 1.86 bits per heavy atom. The summed E-state index contributed by atoms with van der Waals surface area (Å²) in [7, 11) is 0. The minimum Gasteiger partial charge on any atom is -0.550 e. The van der Waals surface area contributed by atoms with Crippen molar-refractivity contribution in [1.29, 1.82) is 0 Å².